The van der Waals surface area contributed by atoms with E-state index in [1.54, 1.807) is 0 Å². The molecular formula is C16H13Cl2N. The van der Waals surface area contributed by atoms with Crippen molar-refractivity contribution in [1.82, 2.24) is 5.32 Å². The third-order valence-electron chi connectivity index (χ3n) is 2.58. The Labute approximate surface area is 123 Å². The molecule has 0 saturated carbocycles. The van der Waals surface area contributed by atoms with Gasteiger partial charge in [-0.15, -0.1) is 0 Å². The molecule has 0 amide bonds. The molecule has 1 nitrogen and oxygen atoms in total. The fraction of sp³-hybridized carbons (Fsp3) is 0.125. The molecule has 0 aliphatic rings. The maximum Gasteiger partial charge on any atom is 0.0582 e. The molecule has 0 heterocycles. The van der Waals surface area contributed by atoms with Gasteiger partial charge < -0.3 is 5.32 Å². The van der Waals surface area contributed by atoms with E-state index in [2.05, 4.69) is 17.2 Å². The van der Waals surface area contributed by atoms with E-state index in [1.807, 2.05) is 48.5 Å². The maximum absolute atomic E-state index is 6.08. The number of rotatable bonds is 3. The predicted molar refractivity (Wildman–Crippen MR) is 81.5 cm³/mol. The van der Waals surface area contributed by atoms with Crippen LogP contribution in [0.25, 0.3) is 0 Å². The minimum Gasteiger partial charge on any atom is -0.302 e. The van der Waals surface area contributed by atoms with Crippen molar-refractivity contribution in [1.29, 1.82) is 0 Å². The highest BCUT2D eigenvalue weighted by Gasteiger charge is 2.03. The number of hydrogen-bond donors (Lipinski definition) is 1. The molecule has 0 unspecified atom stereocenters. The van der Waals surface area contributed by atoms with E-state index in [0.29, 0.717) is 23.1 Å². The minimum absolute atomic E-state index is 0.594. The van der Waals surface area contributed by atoms with Gasteiger partial charge in [0.15, 0.2) is 0 Å². The Hall–Kier alpha value is -1.46. The van der Waals surface area contributed by atoms with Crippen LogP contribution in [0.2, 0.25) is 10.0 Å². The zero-order chi connectivity index (χ0) is 13.5. The van der Waals surface area contributed by atoms with Crippen molar-refractivity contribution in [2.24, 2.45) is 0 Å². The second kappa shape index (κ2) is 7.21. The van der Waals surface area contributed by atoms with Crippen LogP contribution < -0.4 is 5.32 Å². The molecule has 2 aromatic rings. The van der Waals surface area contributed by atoms with Gasteiger partial charge >= 0.3 is 0 Å². The summed E-state index contributed by atoms with van der Waals surface area (Å²) in [5.41, 5.74) is 1.92. The molecular weight excluding hydrogens is 277 g/mol. The summed E-state index contributed by atoms with van der Waals surface area (Å²) in [4.78, 5) is 0. The Bertz CT molecular complexity index is 577. The first-order valence-electron chi connectivity index (χ1n) is 5.95. The van der Waals surface area contributed by atoms with Crippen LogP contribution in [-0.2, 0) is 6.54 Å². The molecule has 19 heavy (non-hydrogen) atoms. The van der Waals surface area contributed by atoms with E-state index >= 15 is 0 Å². The Morgan fingerprint density at radius 2 is 1.58 bits per heavy atom. The van der Waals surface area contributed by atoms with Crippen LogP contribution in [0.3, 0.4) is 0 Å². The SMILES string of the molecule is Clc1cccc(Cl)c1CNCC#Cc1ccccc1. The van der Waals surface area contributed by atoms with Gasteiger partial charge in [-0.1, -0.05) is 59.3 Å². The van der Waals surface area contributed by atoms with E-state index in [9.17, 15) is 0 Å². The van der Waals surface area contributed by atoms with Crippen molar-refractivity contribution in [3.63, 3.8) is 0 Å². The summed E-state index contributed by atoms with van der Waals surface area (Å²) in [6.45, 7) is 1.21. The van der Waals surface area contributed by atoms with Crippen LogP contribution in [-0.4, -0.2) is 6.54 Å². The lowest BCUT2D eigenvalue weighted by Gasteiger charge is -2.06. The Morgan fingerprint density at radius 3 is 2.26 bits per heavy atom. The Kier molecular flexibility index (Phi) is 5.30. The normalized spacial score (nSPS) is 9.79. The van der Waals surface area contributed by atoms with Gasteiger partial charge in [-0.2, -0.15) is 0 Å². The van der Waals surface area contributed by atoms with E-state index in [4.69, 9.17) is 23.2 Å². The van der Waals surface area contributed by atoms with Crippen molar-refractivity contribution in [3.05, 3.63) is 69.7 Å². The third kappa shape index (κ3) is 4.29. The van der Waals surface area contributed by atoms with Gasteiger partial charge in [-0.05, 0) is 24.3 Å². The summed E-state index contributed by atoms with van der Waals surface area (Å²) in [7, 11) is 0. The number of benzene rings is 2. The van der Waals surface area contributed by atoms with Crippen LogP contribution in [0.15, 0.2) is 48.5 Å². The smallest absolute Gasteiger partial charge is 0.0582 e. The lowest BCUT2D eigenvalue weighted by Crippen LogP contribution is -2.13. The molecule has 0 atom stereocenters. The molecule has 96 valence electrons. The fourth-order valence-electron chi connectivity index (χ4n) is 1.62. The molecule has 0 radical (unpaired) electrons. The molecule has 1 N–H and O–H groups in total. The highest BCUT2D eigenvalue weighted by molar-refractivity contribution is 6.35. The third-order valence-corrected chi connectivity index (χ3v) is 3.29. The average Bonchev–Trinajstić information content (AvgIpc) is 2.42. The summed E-state index contributed by atoms with van der Waals surface area (Å²) in [5.74, 6) is 6.15. The van der Waals surface area contributed by atoms with Crippen LogP contribution in [0, 0.1) is 11.8 Å². The summed E-state index contributed by atoms with van der Waals surface area (Å²) in [6, 6.07) is 15.4. The van der Waals surface area contributed by atoms with Gasteiger partial charge in [0, 0.05) is 27.7 Å². The van der Waals surface area contributed by atoms with Gasteiger partial charge in [-0.25, -0.2) is 0 Å². The molecule has 0 aliphatic carbocycles. The van der Waals surface area contributed by atoms with Crippen LogP contribution in [0.1, 0.15) is 11.1 Å². The van der Waals surface area contributed by atoms with Crippen molar-refractivity contribution < 1.29 is 0 Å². The molecule has 0 spiro atoms. The highest BCUT2D eigenvalue weighted by atomic mass is 35.5. The average molecular weight is 290 g/mol. The highest BCUT2D eigenvalue weighted by Crippen LogP contribution is 2.23. The number of hydrogen-bond acceptors (Lipinski definition) is 1. The molecule has 3 heteroatoms. The summed E-state index contributed by atoms with van der Waals surface area (Å²) in [6.07, 6.45) is 0. The topological polar surface area (TPSA) is 12.0 Å². The molecule has 0 aromatic heterocycles. The van der Waals surface area contributed by atoms with Gasteiger partial charge in [0.25, 0.3) is 0 Å². The first kappa shape index (κ1) is 14.0. The Morgan fingerprint density at radius 1 is 0.895 bits per heavy atom. The van der Waals surface area contributed by atoms with E-state index in [-0.39, 0.29) is 0 Å². The van der Waals surface area contributed by atoms with Crippen molar-refractivity contribution in [2.45, 2.75) is 6.54 Å². The summed E-state index contributed by atoms with van der Waals surface area (Å²) in [5, 5.41) is 4.56. The second-order valence-corrected chi connectivity index (χ2v) is 4.79. The molecule has 2 aromatic carbocycles. The lowest BCUT2D eigenvalue weighted by atomic mass is 10.2. The van der Waals surface area contributed by atoms with E-state index in [1.165, 1.54) is 0 Å². The zero-order valence-electron chi connectivity index (χ0n) is 10.3. The van der Waals surface area contributed by atoms with Gasteiger partial charge in [-0.3, -0.25) is 0 Å². The molecule has 2 rings (SSSR count). The van der Waals surface area contributed by atoms with E-state index < -0.39 is 0 Å². The van der Waals surface area contributed by atoms with Crippen LogP contribution in [0.4, 0.5) is 0 Å². The maximum atomic E-state index is 6.08. The number of halogens is 2. The quantitative estimate of drug-likeness (QED) is 0.662. The van der Waals surface area contributed by atoms with Gasteiger partial charge in [0.2, 0.25) is 0 Å². The molecule has 0 aliphatic heterocycles. The fourth-order valence-corrected chi connectivity index (χ4v) is 2.15. The van der Waals surface area contributed by atoms with Crippen LogP contribution >= 0.6 is 23.2 Å². The number of nitrogens with one attached hydrogen (secondary N) is 1. The molecule has 0 saturated heterocycles. The first-order valence-corrected chi connectivity index (χ1v) is 6.70. The summed E-state index contributed by atoms with van der Waals surface area (Å²) >= 11 is 12.2. The van der Waals surface area contributed by atoms with Crippen LogP contribution in [0.5, 0.6) is 0 Å². The largest absolute Gasteiger partial charge is 0.302 e. The first-order chi connectivity index (χ1) is 9.27. The minimum atomic E-state index is 0.594. The van der Waals surface area contributed by atoms with Crippen molar-refractivity contribution in [2.75, 3.05) is 6.54 Å². The summed E-state index contributed by atoms with van der Waals surface area (Å²) < 4.78 is 0. The van der Waals surface area contributed by atoms with Gasteiger partial charge in [0.1, 0.15) is 0 Å². The zero-order valence-corrected chi connectivity index (χ0v) is 11.8. The lowest BCUT2D eigenvalue weighted by molar-refractivity contribution is 0.770. The predicted octanol–water partition coefficient (Wildman–Crippen LogP) is 4.13. The van der Waals surface area contributed by atoms with Crippen molar-refractivity contribution in [3.8, 4) is 11.8 Å². The van der Waals surface area contributed by atoms with Crippen molar-refractivity contribution >= 4 is 23.2 Å². The van der Waals surface area contributed by atoms with E-state index in [0.717, 1.165) is 11.1 Å². The Balaban J connectivity index is 1.87. The standard InChI is InChI=1S/C16H13Cl2N/c17-15-9-4-10-16(18)14(15)12-19-11-5-8-13-6-2-1-3-7-13/h1-4,6-7,9-10,19H,11-12H2. The second-order valence-electron chi connectivity index (χ2n) is 3.97. The molecule has 0 fully saturated rings. The molecule has 0 bridgehead atoms. The monoisotopic (exact) mass is 289 g/mol. The van der Waals surface area contributed by atoms with Gasteiger partial charge in [0.05, 0.1) is 6.54 Å².